The first kappa shape index (κ1) is 19.1. The van der Waals surface area contributed by atoms with Gasteiger partial charge in [0.15, 0.2) is 0 Å². The lowest BCUT2D eigenvalue weighted by atomic mass is 10.1. The molecule has 0 aliphatic carbocycles. The highest BCUT2D eigenvalue weighted by Gasteiger charge is 2.25. The van der Waals surface area contributed by atoms with Gasteiger partial charge in [-0.15, -0.1) is 0 Å². The first-order valence-corrected chi connectivity index (χ1v) is 9.59. The van der Waals surface area contributed by atoms with E-state index in [1.54, 1.807) is 18.7 Å². The quantitative estimate of drug-likeness (QED) is 0.799. The first-order chi connectivity index (χ1) is 12.9. The topological polar surface area (TPSA) is 86.3 Å². The van der Waals surface area contributed by atoms with Crippen LogP contribution in [-0.2, 0) is 20.1 Å². The van der Waals surface area contributed by atoms with Gasteiger partial charge in [0.25, 0.3) is 17.0 Å². The van der Waals surface area contributed by atoms with Crippen LogP contribution in [0.25, 0.3) is 11.0 Å². The second-order valence-corrected chi connectivity index (χ2v) is 6.94. The molecule has 1 aliphatic heterocycles. The maximum atomic E-state index is 13.2. The van der Waals surface area contributed by atoms with Crippen LogP contribution in [0, 0.1) is 0 Å². The van der Waals surface area contributed by atoms with Gasteiger partial charge in [-0.3, -0.25) is 28.1 Å². The number of carbonyl (C=O) groups excluding carboxylic acids is 1. The second-order valence-electron chi connectivity index (χ2n) is 6.94. The van der Waals surface area contributed by atoms with Crippen molar-refractivity contribution in [3.8, 4) is 0 Å². The largest absolute Gasteiger partial charge is 0.339 e. The number of hydrogen-bond donors (Lipinski definition) is 0. The lowest BCUT2D eigenvalue weighted by molar-refractivity contribution is 0.0763. The van der Waals surface area contributed by atoms with Crippen molar-refractivity contribution in [1.29, 1.82) is 0 Å². The number of aryl methyl sites for hydroxylation is 2. The molecule has 0 radical (unpaired) electrons. The molecule has 0 bridgehead atoms. The summed E-state index contributed by atoms with van der Waals surface area (Å²) < 4.78 is 3.77. The van der Waals surface area contributed by atoms with E-state index in [0.717, 1.165) is 30.3 Å². The van der Waals surface area contributed by atoms with Gasteiger partial charge < -0.3 is 4.90 Å². The van der Waals surface area contributed by atoms with E-state index in [1.165, 1.54) is 22.2 Å². The number of likely N-dealkylation sites (tertiary alicyclic amines) is 1. The smallest absolute Gasteiger partial charge is 0.332 e. The summed E-state index contributed by atoms with van der Waals surface area (Å²) in [7, 11) is 1.53. The number of aromatic nitrogens is 3. The summed E-state index contributed by atoms with van der Waals surface area (Å²) >= 11 is 0. The van der Waals surface area contributed by atoms with Crippen LogP contribution < -0.4 is 16.8 Å². The van der Waals surface area contributed by atoms with Crippen LogP contribution in [0.3, 0.4) is 0 Å². The SMILES string of the molecule is CCn1c(=O)c2c(C(=O)N3CCCCCC3)cc(=O)n(CC)c2n(C)c1=O. The molecule has 3 heterocycles. The Morgan fingerprint density at radius 3 is 2.11 bits per heavy atom. The minimum Gasteiger partial charge on any atom is -0.339 e. The summed E-state index contributed by atoms with van der Waals surface area (Å²) in [5.41, 5.74) is -1.08. The molecule has 1 aliphatic rings. The Labute approximate surface area is 156 Å². The van der Waals surface area contributed by atoms with E-state index in [0.29, 0.717) is 19.6 Å². The average Bonchev–Trinajstić information content (AvgIpc) is 2.94. The molecule has 1 saturated heterocycles. The molecule has 146 valence electrons. The van der Waals surface area contributed by atoms with Crippen molar-refractivity contribution in [3.63, 3.8) is 0 Å². The maximum Gasteiger partial charge on any atom is 0.332 e. The molecular weight excluding hydrogens is 348 g/mol. The number of pyridine rings is 1. The number of rotatable bonds is 3. The monoisotopic (exact) mass is 374 g/mol. The van der Waals surface area contributed by atoms with E-state index in [9.17, 15) is 19.2 Å². The summed E-state index contributed by atoms with van der Waals surface area (Å²) in [6, 6.07) is 1.25. The van der Waals surface area contributed by atoms with E-state index in [-0.39, 0.29) is 34.6 Å². The van der Waals surface area contributed by atoms with E-state index in [2.05, 4.69) is 0 Å². The van der Waals surface area contributed by atoms with Crippen molar-refractivity contribution in [1.82, 2.24) is 18.6 Å². The standard InChI is InChI=1S/C19H26N4O4/c1-4-22-14(24)12-13(17(25)21-10-8-6-7-9-11-21)15-16(22)20(3)19(27)23(5-2)18(15)26/h12H,4-11H2,1-3H3. The van der Waals surface area contributed by atoms with Crippen LogP contribution in [0.5, 0.6) is 0 Å². The third-order valence-electron chi connectivity index (χ3n) is 5.33. The van der Waals surface area contributed by atoms with Crippen LogP contribution in [0.2, 0.25) is 0 Å². The second kappa shape index (κ2) is 7.54. The summed E-state index contributed by atoms with van der Waals surface area (Å²) in [5.74, 6) is -0.305. The normalized spacial score (nSPS) is 15.1. The highest BCUT2D eigenvalue weighted by molar-refractivity contribution is 6.05. The number of nitrogens with zero attached hydrogens (tertiary/aromatic N) is 4. The van der Waals surface area contributed by atoms with Crippen LogP contribution in [0.4, 0.5) is 0 Å². The third kappa shape index (κ3) is 3.13. The lowest BCUT2D eigenvalue weighted by Gasteiger charge is -2.22. The molecule has 0 aromatic carbocycles. The molecule has 8 heteroatoms. The van der Waals surface area contributed by atoms with Crippen molar-refractivity contribution in [2.45, 2.75) is 52.6 Å². The fourth-order valence-electron chi connectivity index (χ4n) is 3.88. The van der Waals surface area contributed by atoms with Gasteiger partial charge in [0.1, 0.15) is 5.65 Å². The Kier molecular flexibility index (Phi) is 5.34. The Balaban J connectivity index is 2.38. The minimum atomic E-state index is -0.518. The van der Waals surface area contributed by atoms with Gasteiger partial charge in [0.05, 0.1) is 10.9 Å². The molecule has 8 nitrogen and oxygen atoms in total. The van der Waals surface area contributed by atoms with Gasteiger partial charge in [-0.2, -0.15) is 0 Å². The molecule has 1 fully saturated rings. The zero-order valence-corrected chi connectivity index (χ0v) is 16.2. The Bertz CT molecular complexity index is 1050. The lowest BCUT2D eigenvalue weighted by Crippen LogP contribution is -2.43. The Morgan fingerprint density at radius 1 is 0.963 bits per heavy atom. The predicted octanol–water partition coefficient (Wildman–Crippen LogP) is 0.918. The molecule has 2 aromatic rings. The molecule has 1 amide bonds. The summed E-state index contributed by atoms with van der Waals surface area (Å²) in [5, 5.41) is 0.148. The number of hydrogen-bond acceptors (Lipinski definition) is 4. The van der Waals surface area contributed by atoms with Crippen molar-refractivity contribution in [2.75, 3.05) is 13.1 Å². The molecule has 27 heavy (non-hydrogen) atoms. The van der Waals surface area contributed by atoms with Crippen LogP contribution in [0.1, 0.15) is 49.9 Å². The molecule has 0 N–H and O–H groups in total. The summed E-state index contributed by atoms with van der Waals surface area (Å²) in [6.45, 7) is 5.21. The van der Waals surface area contributed by atoms with Crippen molar-refractivity contribution >= 4 is 16.9 Å². The van der Waals surface area contributed by atoms with Gasteiger partial charge in [0, 0.05) is 39.3 Å². The van der Waals surface area contributed by atoms with E-state index in [1.807, 2.05) is 0 Å². The van der Waals surface area contributed by atoms with Gasteiger partial charge in [0.2, 0.25) is 0 Å². The van der Waals surface area contributed by atoms with Gasteiger partial charge in [-0.05, 0) is 26.7 Å². The van der Waals surface area contributed by atoms with Crippen LogP contribution >= 0.6 is 0 Å². The Morgan fingerprint density at radius 2 is 1.56 bits per heavy atom. The van der Waals surface area contributed by atoms with E-state index in [4.69, 9.17) is 0 Å². The third-order valence-corrected chi connectivity index (χ3v) is 5.33. The summed E-state index contributed by atoms with van der Waals surface area (Å²) in [4.78, 5) is 53.2. The highest BCUT2D eigenvalue weighted by Crippen LogP contribution is 2.17. The summed E-state index contributed by atoms with van der Waals surface area (Å²) in [6.07, 6.45) is 3.96. The highest BCUT2D eigenvalue weighted by atomic mass is 16.2. The zero-order valence-electron chi connectivity index (χ0n) is 16.2. The predicted molar refractivity (Wildman–Crippen MR) is 103 cm³/mol. The average molecular weight is 374 g/mol. The molecule has 0 atom stereocenters. The van der Waals surface area contributed by atoms with Gasteiger partial charge >= 0.3 is 5.69 Å². The Hall–Kier alpha value is -2.64. The van der Waals surface area contributed by atoms with Gasteiger partial charge in [-0.1, -0.05) is 12.8 Å². The van der Waals surface area contributed by atoms with Crippen molar-refractivity contribution in [3.05, 3.63) is 42.8 Å². The van der Waals surface area contributed by atoms with E-state index < -0.39 is 11.2 Å². The molecule has 0 unspecified atom stereocenters. The number of fused-ring (bicyclic) bond motifs is 1. The number of amides is 1. The van der Waals surface area contributed by atoms with Crippen molar-refractivity contribution < 1.29 is 4.79 Å². The maximum absolute atomic E-state index is 13.2. The first-order valence-electron chi connectivity index (χ1n) is 9.59. The molecule has 2 aromatic heterocycles. The molecular formula is C19H26N4O4. The molecule has 0 saturated carbocycles. The zero-order chi connectivity index (χ0) is 19.7. The molecule has 3 rings (SSSR count). The van der Waals surface area contributed by atoms with Crippen LogP contribution in [0.15, 0.2) is 20.4 Å². The van der Waals surface area contributed by atoms with Crippen LogP contribution in [-0.4, -0.2) is 37.6 Å². The fraction of sp³-hybridized carbons (Fsp3) is 0.579. The number of carbonyl (C=O) groups is 1. The van der Waals surface area contributed by atoms with Crippen molar-refractivity contribution in [2.24, 2.45) is 7.05 Å². The minimum absolute atomic E-state index is 0.101. The van der Waals surface area contributed by atoms with Gasteiger partial charge in [-0.25, -0.2) is 4.79 Å². The fourth-order valence-corrected chi connectivity index (χ4v) is 3.88. The molecule has 0 spiro atoms. The van der Waals surface area contributed by atoms with E-state index >= 15 is 0 Å².